The molecule has 0 bridgehead atoms. The molecule has 0 saturated heterocycles. The number of anilines is 1. The predicted octanol–water partition coefficient (Wildman–Crippen LogP) is 2.66. The van der Waals surface area contributed by atoms with Crippen molar-refractivity contribution in [2.75, 3.05) is 5.73 Å². The molecule has 0 radical (unpaired) electrons. The van der Waals surface area contributed by atoms with E-state index in [-0.39, 0.29) is 0 Å². The minimum atomic E-state index is 0.740. The van der Waals surface area contributed by atoms with E-state index in [2.05, 4.69) is 28.4 Å². The van der Waals surface area contributed by atoms with Crippen molar-refractivity contribution >= 4 is 22.0 Å². The van der Waals surface area contributed by atoms with Crippen LogP contribution in [0.3, 0.4) is 0 Å². The number of aryl methyl sites for hydroxylation is 2. The van der Waals surface area contributed by atoms with Gasteiger partial charge in [0.1, 0.15) is 0 Å². The third kappa shape index (κ3) is 1.51. The molecule has 86 valence electrons. The van der Waals surface area contributed by atoms with E-state index in [4.69, 9.17) is 5.73 Å². The van der Waals surface area contributed by atoms with Crippen LogP contribution in [0.5, 0.6) is 0 Å². The maximum absolute atomic E-state index is 5.80. The van der Waals surface area contributed by atoms with E-state index in [0.29, 0.717) is 0 Å². The molecular weight excluding hydrogens is 232 g/mol. The molecule has 0 fully saturated rings. The van der Waals surface area contributed by atoms with Crippen molar-refractivity contribution in [2.45, 2.75) is 13.8 Å². The van der Waals surface area contributed by atoms with Crippen LogP contribution in [0.2, 0.25) is 0 Å². The van der Waals surface area contributed by atoms with Crippen molar-refractivity contribution in [3.05, 3.63) is 34.8 Å². The van der Waals surface area contributed by atoms with Gasteiger partial charge in [-0.25, -0.2) is 0 Å². The van der Waals surface area contributed by atoms with Gasteiger partial charge in [-0.1, -0.05) is 23.5 Å². The lowest BCUT2D eigenvalue weighted by Crippen LogP contribution is -1.92. The molecule has 3 aromatic rings. The zero-order valence-corrected chi connectivity index (χ0v) is 10.5. The molecule has 0 saturated carbocycles. The summed E-state index contributed by atoms with van der Waals surface area (Å²) in [5.41, 5.74) is 8.72. The van der Waals surface area contributed by atoms with Crippen molar-refractivity contribution < 1.29 is 0 Å². The predicted molar refractivity (Wildman–Crippen MR) is 70.2 cm³/mol. The number of thiazole rings is 1. The van der Waals surface area contributed by atoms with Gasteiger partial charge in [0.2, 0.25) is 4.96 Å². The molecule has 2 aromatic heterocycles. The molecule has 17 heavy (non-hydrogen) atoms. The summed E-state index contributed by atoms with van der Waals surface area (Å²) in [6.07, 6.45) is 0. The Morgan fingerprint density at radius 3 is 2.82 bits per heavy atom. The standard InChI is InChI=1S/C12H12N4S/c1-7-8(2)17-12-15-14-11(16(7)12)9-4-3-5-10(13)6-9/h3-6H,13H2,1-2H3. The Bertz CT molecular complexity index is 696. The number of nitrogen functional groups attached to an aromatic ring is 1. The molecule has 5 heteroatoms. The average molecular weight is 244 g/mol. The van der Waals surface area contributed by atoms with Gasteiger partial charge in [0.25, 0.3) is 0 Å². The monoisotopic (exact) mass is 244 g/mol. The number of benzene rings is 1. The third-order valence-corrected chi connectivity index (χ3v) is 3.92. The minimum Gasteiger partial charge on any atom is -0.399 e. The summed E-state index contributed by atoms with van der Waals surface area (Å²) in [6.45, 7) is 4.18. The van der Waals surface area contributed by atoms with Crippen LogP contribution in [0, 0.1) is 13.8 Å². The van der Waals surface area contributed by atoms with Gasteiger partial charge in [-0.15, -0.1) is 10.2 Å². The summed E-state index contributed by atoms with van der Waals surface area (Å²) >= 11 is 1.66. The van der Waals surface area contributed by atoms with E-state index < -0.39 is 0 Å². The first-order valence-electron chi connectivity index (χ1n) is 5.34. The number of hydrogen-bond acceptors (Lipinski definition) is 4. The lowest BCUT2D eigenvalue weighted by atomic mass is 10.2. The van der Waals surface area contributed by atoms with Gasteiger partial charge in [-0.2, -0.15) is 0 Å². The van der Waals surface area contributed by atoms with E-state index >= 15 is 0 Å². The molecule has 2 heterocycles. The van der Waals surface area contributed by atoms with Crippen molar-refractivity contribution in [3.63, 3.8) is 0 Å². The first-order valence-corrected chi connectivity index (χ1v) is 6.15. The van der Waals surface area contributed by atoms with Gasteiger partial charge < -0.3 is 5.73 Å². The Morgan fingerprint density at radius 1 is 1.24 bits per heavy atom. The van der Waals surface area contributed by atoms with Gasteiger partial charge in [0, 0.05) is 21.8 Å². The van der Waals surface area contributed by atoms with E-state index in [0.717, 1.165) is 22.0 Å². The summed E-state index contributed by atoms with van der Waals surface area (Å²) in [5, 5.41) is 8.43. The highest BCUT2D eigenvalue weighted by Gasteiger charge is 2.13. The number of hydrogen-bond donors (Lipinski definition) is 1. The van der Waals surface area contributed by atoms with Crippen LogP contribution in [0.1, 0.15) is 10.6 Å². The van der Waals surface area contributed by atoms with Crippen LogP contribution in [0.25, 0.3) is 16.3 Å². The van der Waals surface area contributed by atoms with Crippen LogP contribution in [-0.2, 0) is 0 Å². The maximum Gasteiger partial charge on any atom is 0.216 e. The van der Waals surface area contributed by atoms with Gasteiger partial charge in [0.05, 0.1) is 0 Å². The summed E-state index contributed by atoms with van der Waals surface area (Å²) in [6, 6.07) is 7.72. The maximum atomic E-state index is 5.80. The average Bonchev–Trinajstić information content (AvgIpc) is 2.81. The lowest BCUT2D eigenvalue weighted by Gasteiger charge is -2.01. The van der Waals surface area contributed by atoms with Crippen LogP contribution in [-0.4, -0.2) is 14.6 Å². The fourth-order valence-corrected chi connectivity index (χ4v) is 2.78. The SMILES string of the molecule is Cc1sc2nnc(-c3cccc(N)c3)n2c1C. The summed E-state index contributed by atoms with van der Waals surface area (Å²) in [7, 11) is 0. The highest BCUT2D eigenvalue weighted by molar-refractivity contribution is 7.17. The van der Waals surface area contributed by atoms with Crippen molar-refractivity contribution in [1.82, 2.24) is 14.6 Å². The fraction of sp³-hybridized carbons (Fsp3) is 0.167. The van der Waals surface area contributed by atoms with E-state index in [9.17, 15) is 0 Å². The number of nitrogens with two attached hydrogens (primary N) is 1. The molecule has 0 atom stereocenters. The molecule has 2 N–H and O–H groups in total. The highest BCUT2D eigenvalue weighted by Crippen LogP contribution is 2.27. The van der Waals surface area contributed by atoms with Crippen LogP contribution in [0.4, 0.5) is 5.69 Å². The second-order valence-electron chi connectivity index (χ2n) is 4.01. The Hall–Kier alpha value is -1.88. The van der Waals surface area contributed by atoms with Crippen molar-refractivity contribution in [1.29, 1.82) is 0 Å². The minimum absolute atomic E-state index is 0.740. The molecule has 1 aromatic carbocycles. The zero-order valence-electron chi connectivity index (χ0n) is 9.64. The van der Waals surface area contributed by atoms with Gasteiger partial charge in [-0.05, 0) is 26.0 Å². The van der Waals surface area contributed by atoms with Gasteiger partial charge in [0.15, 0.2) is 5.82 Å². The van der Waals surface area contributed by atoms with Gasteiger partial charge in [-0.3, -0.25) is 4.40 Å². The highest BCUT2D eigenvalue weighted by atomic mass is 32.1. The Balaban J connectivity index is 2.30. The summed E-state index contributed by atoms with van der Waals surface area (Å²) < 4.78 is 2.08. The lowest BCUT2D eigenvalue weighted by molar-refractivity contribution is 1.08. The second kappa shape index (κ2) is 3.56. The zero-order chi connectivity index (χ0) is 12.0. The van der Waals surface area contributed by atoms with E-state index in [1.807, 2.05) is 24.3 Å². The van der Waals surface area contributed by atoms with Gasteiger partial charge >= 0.3 is 0 Å². The number of aromatic nitrogens is 3. The Labute approximate surface area is 103 Å². The molecule has 4 nitrogen and oxygen atoms in total. The van der Waals surface area contributed by atoms with Crippen LogP contribution < -0.4 is 5.73 Å². The Kier molecular flexibility index (Phi) is 2.16. The largest absolute Gasteiger partial charge is 0.399 e. The molecule has 0 aliphatic rings. The fourth-order valence-electron chi connectivity index (χ4n) is 1.87. The number of nitrogens with zero attached hydrogens (tertiary/aromatic N) is 3. The third-order valence-electron chi connectivity index (χ3n) is 2.87. The number of fused-ring (bicyclic) bond motifs is 1. The molecule has 0 spiro atoms. The quantitative estimate of drug-likeness (QED) is 0.669. The van der Waals surface area contributed by atoms with Crippen molar-refractivity contribution in [3.8, 4) is 11.4 Å². The smallest absolute Gasteiger partial charge is 0.216 e. The van der Waals surface area contributed by atoms with Crippen LogP contribution in [0.15, 0.2) is 24.3 Å². The summed E-state index contributed by atoms with van der Waals surface area (Å²) in [4.78, 5) is 2.19. The molecular formula is C12H12N4S. The number of rotatable bonds is 1. The molecule has 0 unspecified atom stereocenters. The first-order chi connectivity index (χ1) is 8.16. The van der Waals surface area contributed by atoms with E-state index in [1.165, 1.54) is 10.6 Å². The van der Waals surface area contributed by atoms with Crippen molar-refractivity contribution in [2.24, 2.45) is 0 Å². The molecule has 0 aliphatic heterocycles. The first kappa shape index (κ1) is 10.3. The van der Waals surface area contributed by atoms with E-state index in [1.54, 1.807) is 11.3 Å². The molecule has 0 aliphatic carbocycles. The topological polar surface area (TPSA) is 56.2 Å². The second-order valence-corrected chi connectivity index (χ2v) is 5.19. The molecule has 3 rings (SSSR count). The van der Waals surface area contributed by atoms with Crippen LogP contribution >= 0.6 is 11.3 Å². The summed E-state index contributed by atoms with van der Waals surface area (Å²) in [5.74, 6) is 0.856. The normalized spacial score (nSPS) is 11.2. The molecule has 0 amide bonds. The Morgan fingerprint density at radius 2 is 2.06 bits per heavy atom.